The number of hydrogen-bond donors (Lipinski definition) is 2. The van der Waals surface area contributed by atoms with Gasteiger partial charge in [0.1, 0.15) is 0 Å². The van der Waals surface area contributed by atoms with Crippen molar-refractivity contribution in [3.05, 3.63) is 23.9 Å². The molecule has 20 heavy (non-hydrogen) atoms. The first-order chi connectivity index (χ1) is 9.57. The zero-order valence-electron chi connectivity index (χ0n) is 12.1. The number of nitrogens with zero attached hydrogens (tertiary/aromatic N) is 1. The minimum Gasteiger partial charge on any atom is -0.481 e. The Bertz CT molecular complexity index is 491. The zero-order chi connectivity index (χ0) is 14.8. The van der Waals surface area contributed by atoms with Crippen molar-refractivity contribution in [2.45, 2.75) is 26.3 Å². The van der Waals surface area contributed by atoms with Gasteiger partial charge in [-0.3, -0.25) is 0 Å². The Hall–Kier alpha value is -1.18. The Balaban J connectivity index is 2.35. The van der Waals surface area contributed by atoms with Crippen LogP contribution in [-0.2, 0) is 16.6 Å². The molecule has 0 fully saturated rings. The van der Waals surface area contributed by atoms with E-state index in [1.165, 1.54) is 7.11 Å². The van der Waals surface area contributed by atoms with Crippen LogP contribution in [-0.4, -0.2) is 39.4 Å². The molecule has 7 heteroatoms. The number of methoxy groups -OCH3 is 1. The van der Waals surface area contributed by atoms with Crippen molar-refractivity contribution < 1.29 is 13.2 Å². The third-order valence-corrected chi connectivity index (χ3v) is 4.18. The van der Waals surface area contributed by atoms with Crippen molar-refractivity contribution in [1.82, 2.24) is 15.0 Å². The lowest BCUT2D eigenvalue weighted by Crippen LogP contribution is -2.26. The fraction of sp³-hybridized carbons (Fsp3) is 0.615. The number of rotatable bonds is 10. The van der Waals surface area contributed by atoms with Crippen LogP contribution in [0.3, 0.4) is 0 Å². The Morgan fingerprint density at radius 2 is 2.15 bits per heavy atom. The van der Waals surface area contributed by atoms with Crippen molar-refractivity contribution in [3.8, 4) is 5.88 Å². The average Bonchev–Trinajstić information content (AvgIpc) is 2.45. The molecule has 0 aliphatic carbocycles. The van der Waals surface area contributed by atoms with Crippen LogP contribution in [0.5, 0.6) is 5.88 Å². The molecule has 0 atom stereocenters. The number of nitrogens with one attached hydrogen (secondary N) is 2. The van der Waals surface area contributed by atoms with E-state index in [1.54, 1.807) is 18.3 Å². The maximum Gasteiger partial charge on any atom is 0.213 e. The largest absolute Gasteiger partial charge is 0.481 e. The average molecular weight is 301 g/mol. The van der Waals surface area contributed by atoms with Crippen LogP contribution < -0.4 is 14.8 Å². The summed E-state index contributed by atoms with van der Waals surface area (Å²) in [6.07, 6.45) is 3.11. The van der Waals surface area contributed by atoms with Crippen LogP contribution in [0.1, 0.15) is 25.3 Å². The minimum atomic E-state index is -3.23. The Morgan fingerprint density at radius 1 is 1.35 bits per heavy atom. The van der Waals surface area contributed by atoms with Crippen LogP contribution in [0.4, 0.5) is 0 Å². The molecule has 0 unspecified atom stereocenters. The van der Waals surface area contributed by atoms with Crippen molar-refractivity contribution in [2.75, 3.05) is 26.0 Å². The van der Waals surface area contributed by atoms with Gasteiger partial charge in [0, 0.05) is 18.8 Å². The molecule has 1 heterocycles. The summed E-state index contributed by atoms with van der Waals surface area (Å²) in [7, 11) is -1.70. The van der Waals surface area contributed by atoms with Crippen molar-refractivity contribution in [1.29, 1.82) is 0 Å². The number of pyridine rings is 1. The zero-order valence-corrected chi connectivity index (χ0v) is 12.9. The summed E-state index contributed by atoms with van der Waals surface area (Å²) >= 11 is 0. The molecule has 0 bridgehead atoms. The third kappa shape index (κ3) is 6.83. The van der Waals surface area contributed by atoms with Gasteiger partial charge in [-0.25, -0.2) is 18.1 Å². The van der Waals surface area contributed by atoms with Crippen LogP contribution in [0, 0.1) is 0 Å². The lowest BCUT2D eigenvalue weighted by atomic mass is 10.3. The highest BCUT2D eigenvalue weighted by atomic mass is 32.2. The van der Waals surface area contributed by atoms with Crippen LogP contribution in [0.2, 0.25) is 0 Å². The molecule has 0 amide bonds. The van der Waals surface area contributed by atoms with E-state index in [0.717, 1.165) is 25.1 Å². The van der Waals surface area contributed by atoms with E-state index >= 15 is 0 Å². The standard InChI is InChI=1S/C13H23N3O3S/c1-3-14-7-4-5-9-20(17,18)16-11-12-6-8-15-13(10-12)19-2/h6,8,10,14,16H,3-5,7,9,11H2,1-2H3. The normalized spacial score (nSPS) is 11.5. The van der Waals surface area contributed by atoms with Gasteiger partial charge in [0.05, 0.1) is 12.9 Å². The Morgan fingerprint density at radius 3 is 2.85 bits per heavy atom. The predicted molar refractivity (Wildman–Crippen MR) is 79.2 cm³/mol. The lowest BCUT2D eigenvalue weighted by molar-refractivity contribution is 0.397. The molecule has 0 aliphatic heterocycles. The highest BCUT2D eigenvalue weighted by molar-refractivity contribution is 7.89. The second kappa shape index (κ2) is 8.89. The van der Waals surface area contributed by atoms with Crippen molar-refractivity contribution in [3.63, 3.8) is 0 Å². The lowest BCUT2D eigenvalue weighted by Gasteiger charge is -2.07. The monoisotopic (exact) mass is 301 g/mol. The summed E-state index contributed by atoms with van der Waals surface area (Å²) in [5.74, 6) is 0.632. The molecule has 0 aromatic carbocycles. The van der Waals surface area contributed by atoms with E-state index in [1.807, 2.05) is 6.92 Å². The van der Waals surface area contributed by atoms with E-state index in [-0.39, 0.29) is 12.3 Å². The Labute approximate surface area is 121 Å². The van der Waals surface area contributed by atoms with Crippen LogP contribution in [0.15, 0.2) is 18.3 Å². The van der Waals surface area contributed by atoms with E-state index in [4.69, 9.17) is 4.74 Å². The van der Waals surface area contributed by atoms with Gasteiger partial charge in [-0.1, -0.05) is 6.92 Å². The topological polar surface area (TPSA) is 80.3 Å². The second-order valence-electron chi connectivity index (χ2n) is 4.41. The quantitative estimate of drug-likeness (QED) is 0.628. The molecule has 1 aromatic rings. The summed E-state index contributed by atoms with van der Waals surface area (Å²) in [6, 6.07) is 3.48. The SMILES string of the molecule is CCNCCCCS(=O)(=O)NCc1ccnc(OC)c1. The number of aromatic nitrogens is 1. The third-order valence-electron chi connectivity index (χ3n) is 2.77. The van der Waals surface area contributed by atoms with Crippen LogP contribution in [0.25, 0.3) is 0 Å². The molecule has 2 N–H and O–H groups in total. The molecule has 114 valence electrons. The van der Waals surface area contributed by atoms with Gasteiger partial charge < -0.3 is 10.1 Å². The number of unbranched alkanes of at least 4 members (excludes halogenated alkanes) is 1. The first-order valence-corrected chi connectivity index (χ1v) is 8.39. The minimum absolute atomic E-state index is 0.153. The van der Waals surface area contributed by atoms with Crippen molar-refractivity contribution >= 4 is 10.0 Å². The molecule has 0 radical (unpaired) electrons. The van der Waals surface area contributed by atoms with E-state index in [0.29, 0.717) is 12.3 Å². The van der Waals surface area contributed by atoms with Gasteiger partial charge in [-0.2, -0.15) is 0 Å². The predicted octanol–water partition coefficient (Wildman–Crippen LogP) is 0.899. The Kier molecular flexibility index (Phi) is 7.50. The number of sulfonamides is 1. The summed E-state index contributed by atoms with van der Waals surface area (Å²) in [5, 5.41) is 3.17. The molecule has 0 saturated heterocycles. The van der Waals surface area contributed by atoms with Gasteiger partial charge >= 0.3 is 0 Å². The molecule has 0 aliphatic rings. The fourth-order valence-electron chi connectivity index (χ4n) is 1.66. The van der Waals surface area contributed by atoms with Gasteiger partial charge in [0.15, 0.2) is 0 Å². The van der Waals surface area contributed by atoms with Crippen molar-refractivity contribution in [2.24, 2.45) is 0 Å². The van der Waals surface area contributed by atoms with Gasteiger partial charge in [-0.15, -0.1) is 0 Å². The van der Waals surface area contributed by atoms with E-state index in [9.17, 15) is 8.42 Å². The second-order valence-corrected chi connectivity index (χ2v) is 6.33. The molecule has 0 saturated carbocycles. The first kappa shape index (κ1) is 16.9. The number of hydrogen-bond acceptors (Lipinski definition) is 5. The van der Waals surface area contributed by atoms with Gasteiger partial charge in [0.2, 0.25) is 15.9 Å². The smallest absolute Gasteiger partial charge is 0.213 e. The highest BCUT2D eigenvalue weighted by Crippen LogP contribution is 2.08. The highest BCUT2D eigenvalue weighted by Gasteiger charge is 2.09. The van der Waals surface area contributed by atoms with E-state index in [2.05, 4.69) is 15.0 Å². The summed E-state index contributed by atoms with van der Waals surface area (Å²) in [4.78, 5) is 3.97. The van der Waals surface area contributed by atoms with Crippen LogP contribution >= 0.6 is 0 Å². The summed E-state index contributed by atoms with van der Waals surface area (Å²) < 4.78 is 31.2. The maximum absolute atomic E-state index is 11.8. The summed E-state index contributed by atoms with van der Waals surface area (Å²) in [6.45, 7) is 4.05. The van der Waals surface area contributed by atoms with E-state index < -0.39 is 10.0 Å². The molecular formula is C13H23N3O3S. The summed E-state index contributed by atoms with van der Waals surface area (Å²) in [5.41, 5.74) is 0.827. The van der Waals surface area contributed by atoms with Gasteiger partial charge in [-0.05, 0) is 37.6 Å². The maximum atomic E-state index is 11.8. The molecular weight excluding hydrogens is 278 g/mol. The first-order valence-electron chi connectivity index (χ1n) is 6.74. The number of ether oxygens (including phenoxy) is 1. The molecule has 6 nitrogen and oxygen atoms in total. The molecule has 0 spiro atoms. The molecule has 1 rings (SSSR count). The molecule has 1 aromatic heterocycles. The van der Waals surface area contributed by atoms with Gasteiger partial charge in [0.25, 0.3) is 0 Å². The fourth-order valence-corrected chi connectivity index (χ4v) is 2.77.